The fourth-order valence-electron chi connectivity index (χ4n) is 3.75. The van der Waals surface area contributed by atoms with Crippen LogP contribution in [0.25, 0.3) is 11.1 Å². The number of nitrogens with one attached hydrogen (secondary N) is 1. The van der Waals surface area contributed by atoms with E-state index in [0.29, 0.717) is 37.1 Å². The molecule has 0 aliphatic carbocycles. The van der Waals surface area contributed by atoms with Gasteiger partial charge in [0, 0.05) is 30.8 Å². The lowest BCUT2D eigenvalue weighted by Gasteiger charge is -2.16. The van der Waals surface area contributed by atoms with E-state index in [1.165, 1.54) is 12.1 Å². The number of hydrogen-bond donors (Lipinski definition) is 1. The summed E-state index contributed by atoms with van der Waals surface area (Å²) in [6.45, 7) is 0.293. The zero-order valence-corrected chi connectivity index (χ0v) is 16.7. The molecule has 3 aromatic rings. The van der Waals surface area contributed by atoms with Crippen molar-refractivity contribution < 1.29 is 22.7 Å². The smallest absolute Gasteiger partial charge is 0.417 e. The van der Waals surface area contributed by atoms with Gasteiger partial charge >= 0.3 is 6.18 Å². The van der Waals surface area contributed by atoms with Crippen molar-refractivity contribution in [1.82, 2.24) is 10.3 Å². The van der Waals surface area contributed by atoms with Gasteiger partial charge in [0.2, 0.25) is 5.91 Å². The first-order valence-electron chi connectivity index (χ1n) is 10.0. The van der Waals surface area contributed by atoms with E-state index in [-0.39, 0.29) is 17.6 Å². The van der Waals surface area contributed by atoms with Crippen LogP contribution >= 0.6 is 0 Å². The largest absolute Gasteiger partial charge is 0.487 e. The van der Waals surface area contributed by atoms with Crippen molar-refractivity contribution >= 4 is 5.91 Å². The number of fused-ring (bicyclic) bond motifs is 1. The highest BCUT2D eigenvalue weighted by Gasteiger charge is 2.35. The molecule has 2 heterocycles. The van der Waals surface area contributed by atoms with Crippen molar-refractivity contribution in [3.05, 3.63) is 83.7 Å². The lowest BCUT2D eigenvalue weighted by atomic mass is 9.96. The number of aryl methyl sites for hydroxylation is 1. The van der Waals surface area contributed by atoms with Gasteiger partial charge in [0.25, 0.3) is 0 Å². The minimum Gasteiger partial charge on any atom is -0.487 e. The van der Waals surface area contributed by atoms with E-state index in [4.69, 9.17) is 4.74 Å². The first kappa shape index (κ1) is 20.9. The highest BCUT2D eigenvalue weighted by molar-refractivity contribution is 5.77. The normalized spacial score (nSPS) is 15.3. The maximum absolute atomic E-state index is 13.5. The number of carbonyl (C=O) groups excluding carboxylic acids is 1. The molecule has 0 spiro atoms. The molecule has 4 nitrogen and oxygen atoms in total. The highest BCUT2D eigenvalue weighted by Crippen LogP contribution is 2.43. The molecule has 1 N–H and O–H groups in total. The first-order valence-corrected chi connectivity index (χ1v) is 10.0. The number of halogens is 3. The standard InChI is InChI=1S/C24H21F3N2O2/c25-24(26,27)21-9-2-1-7-19(21)20-8-3-6-17-13-18(31-23(17)20)15-29-22(30)11-10-16-5-4-12-28-14-16/h1-9,12,14,18H,10-11,13,15H2,(H,29,30)/t18-/m1/s1. The second kappa shape index (κ2) is 8.79. The summed E-state index contributed by atoms with van der Waals surface area (Å²) in [7, 11) is 0. The van der Waals surface area contributed by atoms with E-state index >= 15 is 0 Å². The number of rotatable bonds is 6. The van der Waals surface area contributed by atoms with E-state index in [0.717, 1.165) is 17.2 Å². The quantitative estimate of drug-likeness (QED) is 0.615. The minimum absolute atomic E-state index is 0.0907. The Morgan fingerprint density at radius 2 is 1.87 bits per heavy atom. The molecule has 0 saturated heterocycles. The van der Waals surface area contributed by atoms with E-state index in [1.54, 1.807) is 30.6 Å². The van der Waals surface area contributed by atoms with Crippen LogP contribution in [0.3, 0.4) is 0 Å². The van der Waals surface area contributed by atoms with Gasteiger partial charge in [0.1, 0.15) is 11.9 Å². The van der Waals surface area contributed by atoms with Crippen molar-refractivity contribution in [2.75, 3.05) is 6.54 Å². The predicted octanol–water partition coefficient (Wildman–Crippen LogP) is 4.82. The summed E-state index contributed by atoms with van der Waals surface area (Å²) in [4.78, 5) is 16.2. The number of aromatic nitrogens is 1. The van der Waals surface area contributed by atoms with Gasteiger partial charge in [0.05, 0.1) is 12.1 Å². The van der Waals surface area contributed by atoms with Gasteiger partial charge in [-0.1, -0.05) is 42.5 Å². The zero-order valence-electron chi connectivity index (χ0n) is 16.7. The molecule has 31 heavy (non-hydrogen) atoms. The van der Waals surface area contributed by atoms with Crippen LogP contribution in [0.1, 0.15) is 23.1 Å². The molecule has 0 fully saturated rings. The van der Waals surface area contributed by atoms with Gasteiger partial charge in [-0.3, -0.25) is 9.78 Å². The van der Waals surface area contributed by atoms with Crippen molar-refractivity contribution in [3.8, 4) is 16.9 Å². The molecule has 0 saturated carbocycles. The Hall–Kier alpha value is -3.35. The lowest BCUT2D eigenvalue weighted by Crippen LogP contribution is -2.34. The van der Waals surface area contributed by atoms with Crippen LogP contribution in [0.5, 0.6) is 5.75 Å². The molecule has 0 unspecified atom stereocenters. The summed E-state index contributed by atoms with van der Waals surface area (Å²) in [6.07, 6.45) is 0.0697. The summed E-state index contributed by atoms with van der Waals surface area (Å²) in [5.41, 5.74) is 1.63. The molecule has 1 aliphatic rings. The molecule has 1 amide bonds. The number of benzene rings is 2. The first-order chi connectivity index (χ1) is 14.9. The molecular formula is C24H21F3N2O2. The molecule has 1 atom stereocenters. The molecule has 0 radical (unpaired) electrons. The molecule has 1 aliphatic heterocycles. The number of amides is 1. The number of ether oxygens (including phenoxy) is 1. The van der Waals surface area contributed by atoms with Crippen LogP contribution < -0.4 is 10.1 Å². The maximum Gasteiger partial charge on any atom is 0.417 e. The summed E-state index contributed by atoms with van der Waals surface area (Å²) >= 11 is 0. The van der Waals surface area contributed by atoms with Crippen LogP contribution in [-0.2, 0) is 23.8 Å². The average Bonchev–Trinajstić information content (AvgIpc) is 3.19. The third kappa shape index (κ3) is 4.87. The van der Waals surface area contributed by atoms with Gasteiger partial charge in [-0.25, -0.2) is 0 Å². The molecule has 2 aromatic carbocycles. The van der Waals surface area contributed by atoms with Gasteiger partial charge in [-0.05, 0) is 35.2 Å². The topological polar surface area (TPSA) is 51.2 Å². The zero-order chi connectivity index (χ0) is 21.8. The van der Waals surface area contributed by atoms with Crippen molar-refractivity contribution in [1.29, 1.82) is 0 Å². The molecule has 7 heteroatoms. The second-order valence-electron chi connectivity index (χ2n) is 7.45. The molecule has 4 rings (SSSR count). The number of alkyl halides is 3. The average molecular weight is 426 g/mol. The fourth-order valence-corrected chi connectivity index (χ4v) is 3.75. The number of hydrogen-bond acceptors (Lipinski definition) is 3. The Morgan fingerprint density at radius 3 is 2.65 bits per heavy atom. The number of para-hydroxylation sites is 1. The lowest BCUT2D eigenvalue weighted by molar-refractivity contribution is -0.137. The van der Waals surface area contributed by atoms with Crippen LogP contribution in [0.15, 0.2) is 67.0 Å². The Bertz CT molecular complexity index is 1070. The van der Waals surface area contributed by atoms with Crippen molar-refractivity contribution in [2.45, 2.75) is 31.5 Å². The molecular weight excluding hydrogens is 405 g/mol. The number of pyridine rings is 1. The minimum atomic E-state index is -4.46. The van der Waals surface area contributed by atoms with E-state index in [2.05, 4.69) is 10.3 Å². The van der Waals surface area contributed by atoms with Gasteiger partial charge < -0.3 is 10.1 Å². The molecule has 160 valence electrons. The van der Waals surface area contributed by atoms with Crippen LogP contribution in [0.4, 0.5) is 13.2 Å². The Balaban J connectivity index is 1.42. The van der Waals surface area contributed by atoms with E-state index in [1.807, 2.05) is 18.2 Å². The summed E-state index contributed by atoms with van der Waals surface area (Å²) in [5.74, 6) is 0.347. The summed E-state index contributed by atoms with van der Waals surface area (Å²) < 4.78 is 46.4. The van der Waals surface area contributed by atoms with Crippen LogP contribution in [0.2, 0.25) is 0 Å². The number of nitrogens with zero attached hydrogens (tertiary/aromatic N) is 1. The Kier molecular flexibility index (Phi) is 5.93. The highest BCUT2D eigenvalue weighted by atomic mass is 19.4. The SMILES string of the molecule is O=C(CCc1cccnc1)NC[C@H]1Cc2cccc(-c3ccccc3C(F)(F)F)c2O1. The number of carbonyl (C=O) groups is 1. The van der Waals surface area contributed by atoms with Gasteiger partial charge in [0.15, 0.2) is 0 Å². The monoisotopic (exact) mass is 426 g/mol. The van der Waals surface area contributed by atoms with Crippen molar-refractivity contribution in [2.24, 2.45) is 0 Å². The van der Waals surface area contributed by atoms with E-state index in [9.17, 15) is 18.0 Å². The van der Waals surface area contributed by atoms with E-state index < -0.39 is 11.7 Å². The molecule has 0 bridgehead atoms. The third-order valence-electron chi connectivity index (χ3n) is 5.24. The van der Waals surface area contributed by atoms with Crippen LogP contribution in [0, 0.1) is 0 Å². The summed E-state index contributed by atoms with van der Waals surface area (Å²) in [6, 6.07) is 14.4. The molecule has 1 aromatic heterocycles. The van der Waals surface area contributed by atoms with Crippen molar-refractivity contribution in [3.63, 3.8) is 0 Å². The maximum atomic E-state index is 13.5. The predicted molar refractivity (Wildman–Crippen MR) is 111 cm³/mol. The van der Waals surface area contributed by atoms with Gasteiger partial charge in [-0.2, -0.15) is 13.2 Å². The van der Waals surface area contributed by atoms with Gasteiger partial charge in [-0.15, -0.1) is 0 Å². The fraction of sp³-hybridized carbons (Fsp3) is 0.250. The van der Waals surface area contributed by atoms with Crippen LogP contribution in [-0.4, -0.2) is 23.5 Å². The Labute approximate surface area is 178 Å². The second-order valence-corrected chi connectivity index (χ2v) is 7.45. The summed E-state index contributed by atoms with van der Waals surface area (Å²) in [5, 5.41) is 2.86. The third-order valence-corrected chi connectivity index (χ3v) is 5.24. The Morgan fingerprint density at radius 1 is 1.06 bits per heavy atom.